The number of aliphatic hydroxyl groups excluding tert-OH is 2. The Morgan fingerprint density at radius 3 is 1.24 bits per heavy atom. The molecule has 0 saturated heterocycles. The molecule has 392 valence electrons. The molecule has 2 unspecified atom stereocenters. The smallest absolute Gasteiger partial charge is 0.305 e. The number of amides is 1. The molecule has 67 heavy (non-hydrogen) atoms. The normalized spacial score (nSPS) is 13.0. The van der Waals surface area contributed by atoms with Crippen molar-refractivity contribution < 1.29 is 24.5 Å². The van der Waals surface area contributed by atoms with Crippen LogP contribution in [0.1, 0.15) is 303 Å². The van der Waals surface area contributed by atoms with E-state index < -0.39 is 12.1 Å². The molecule has 0 radical (unpaired) electrons. The second-order valence-electron chi connectivity index (χ2n) is 20.0. The number of hydrogen-bond acceptors (Lipinski definition) is 5. The van der Waals surface area contributed by atoms with E-state index in [9.17, 15) is 19.8 Å². The highest BCUT2D eigenvalue weighted by atomic mass is 16.5. The number of carbonyl (C=O) groups excluding carboxylic acids is 2. The van der Waals surface area contributed by atoms with E-state index in [2.05, 4.69) is 67.8 Å². The number of ether oxygens (including phenoxy) is 1. The maximum atomic E-state index is 12.5. The molecule has 3 N–H and O–H groups in total. The topological polar surface area (TPSA) is 95.9 Å². The fourth-order valence-electron chi connectivity index (χ4n) is 8.84. The Hall–Kier alpha value is -2.18. The van der Waals surface area contributed by atoms with Crippen molar-refractivity contribution in [1.29, 1.82) is 0 Å². The summed E-state index contributed by atoms with van der Waals surface area (Å²) in [6.07, 6.45) is 71.0. The maximum absolute atomic E-state index is 12.5. The zero-order chi connectivity index (χ0) is 48.6. The first-order valence-electron chi connectivity index (χ1n) is 29.4. The number of rotatable bonds is 54. The molecule has 0 aliphatic carbocycles. The molecule has 0 saturated carbocycles. The largest absolute Gasteiger partial charge is 0.466 e. The second kappa shape index (κ2) is 56.4. The summed E-state index contributed by atoms with van der Waals surface area (Å²) in [6, 6.07) is -0.549. The van der Waals surface area contributed by atoms with Crippen LogP contribution < -0.4 is 5.32 Å². The summed E-state index contributed by atoms with van der Waals surface area (Å²) in [5.74, 6) is -0.0666. The molecular formula is C61H113NO5. The lowest BCUT2D eigenvalue weighted by Crippen LogP contribution is -2.45. The lowest BCUT2D eigenvalue weighted by atomic mass is 10.0. The molecule has 6 nitrogen and oxygen atoms in total. The van der Waals surface area contributed by atoms with E-state index in [4.69, 9.17) is 4.74 Å². The summed E-state index contributed by atoms with van der Waals surface area (Å²) < 4.78 is 5.46. The first-order chi connectivity index (χ1) is 33.0. The minimum Gasteiger partial charge on any atom is -0.466 e. The van der Waals surface area contributed by atoms with Gasteiger partial charge >= 0.3 is 5.97 Å². The monoisotopic (exact) mass is 940 g/mol. The summed E-state index contributed by atoms with van der Waals surface area (Å²) in [4.78, 5) is 24.5. The van der Waals surface area contributed by atoms with Gasteiger partial charge in [-0.25, -0.2) is 0 Å². The standard InChI is InChI=1S/C61H113NO5/c1-3-5-7-9-11-13-15-17-18-19-24-27-31-35-39-43-47-51-55-61(66)67-56-52-48-44-40-36-32-28-25-22-20-21-23-26-30-34-38-42-46-50-54-60(65)62-58(57-63)59(64)53-49-45-41-37-33-29-16-14-12-10-8-6-4-2/h13,15,18-19,25,28,32,36,58-59,63-64H,3-12,14,16-17,20-24,26-27,29-31,33-35,37-57H2,1-2H3,(H,62,65)/b15-13-,19-18-,28-25-,36-32-. The van der Waals surface area contributed by atoms with Gasteiger partial charge < -0.3 is 20.3 Å². The molecule has 0 rings (SSSR count). The van der Waals surface area contributed by atoms with Gasteiger partial charge in [0.05, 0.1) is 25.4 Å². The van der Waals surface area contributed by atoms with Gasteiger partial charge in [0.2, 0.25) is 5.91 Å². The molecule has 0 aromatic carbocycles. The van der Waals surface area contributed by atoms with Crippen LogP contribution in [0.3, 0.4) is 0 Å². The number of allylic oxidation sites excluding steroid dienone is 8. The zero-order valence-electron chi connectivity index (χ0n) is 44.6. The highest BCUT2D eigenvalue weighted by Crippen LogP contribution is 2.16. The molecule has 2 atom stereocenters. The van der Waals surface area contributed by atoms with Crippen LogP contribution in [0, 0.1) is 0 Å². The summed E-state index contributed by atoms with van der Waals surface area (Å²) in [6.45, 7) is 4.89. The van der Waals surface area contributed by atoms with Crippen LogP contribution in [0.2, 0.25) is 0 Å². The molecule has 0 bridgehead atoms. The fraction of sp³-hybridized carbons (Fsp3) is 0.836. The van der Waals surface area contributed by atoms with Crippen LogP contribution in [0.15, 0.2) is 48.6 Å². The van der Waals surface area contributed by atoms with E-state index in [0.717, 1.165) is 77.0 Å². The Morgan fingerprint density at radius 2 is 0.791 bits per heavy atom. The van der Waals surface area contributed by atoms with Gasteiger partial charge in [-0.3, -0.25) is 9.59 Å². The van der Waals surface area contributed by atoms with Crippen LogP contribution in [-0.4, -0.2) is 47.4 Å². The van der Waals surface area contributed by atoms with Crippen molar-refractivity contribution in [3.63, 3.8) is 0 Å². The molecule has 0 aliphatic heterocycles. The van der Waals surface area contributed by atoms with Crippen molar-refractivity contribution in [1.82, 2.24) is 5.32 Å². The second-order valence-corrected chi connectivity index (χ2v) is 20.0. The maximum Gasteiger partial charge on any atom is 0.305 e. The quantitative estimate of drug-likeness (QED) is 0.0244. The van der Waals surface area contributed by atoms with Gasteiger partial charge in [0, 0.05) is 12.8 Å². The van der Waals surface area contributed by atoms with Crippen LogP contribution in [-0.2, 0) is 14.3 Å². The van der Waals surface area contributed by atoms with Gasteiger partial charge in [0.1, 0.15) is 0 Å². The van der Waals surface area contributed by atoms with Gasteiger partial charge in [0.25, 0.3) is 0 Å². The zero-order valence-corrected chi connectivity index (χ0v) is 44.6. The van der Waals surface area contributed by atoms with Crippen LogP contribution >= 0.6 is 0 Å². The molecule has 0 spiro atoms. The number of carbonyl (C=O) groups is 2. The average Bonchev–Trinajstić information content (AvgIpc) is 3.33. The molecule has 0 heterocycles. The number of nitrogens with one attached hydrogen (secondary N) is 1. The average molecular weight is 941 g/mol. The Bertz CT molecular complexity index is 1130. The van der Waals surface area contributed by atoms with Gasteiger partial charge in [-0.2, -0.15) is 0 Å². The van der Waals surface area contributed by atoms with Crippen LogP contribution in [0.5, 0.6) is 0 Å². The Balaban J connectivity index is 3.47. The molecule has 0 fully saturated rings. The SMILES string of the molecule is CCCCCC/C=C\C/C=C\CCCCCCCCCC(=O)OCCCCC/C=C\C=C/CCCCCCCCCCCCC(=O)NC(CO)C(O)CCCCCCCCCCCCCCC. The highest BCUT2D eigenvalue weighted by Gasteiger charge is 2.20. The fourth-order valence-corrected chi connectivity index (χ4v) is 8.84. The van der Waals surface area contributed by atoms with Crippen molar-refractivity contribution in [2.24, 2.45) is 0 Å². The minimum absolute atomic E-state index is 0.0210. The third-order valence-corrected chi connectivity index (χ3v) is 13.4. The van der Waals surface area contributed by atoms with Crippen LogP contribution in [0.25, 0.3) is 0 Å². The highest BCUT2D eigenvalue weighted by molar-refractivity contribution is 5.76. The lowest BCUT2D eigenvalue weighted by Gasteiger charge is -2.22. The third kappa shape index (κ3) is 53.0. The third-order valence-electron chi connectivity index (χ3n) is 13.4. The minimum atomic E-state index is -0.671. The van der Waals surface area contributed by atoms with E-state index in [1.807, 2.05) is 0 Å². The van der Waals surface area contributed by atoms with E-state index in [-0.39, 0.29) is 18.5 Å². The van der Waals surface area contributed by atoms with Crippen LogP contribution in [0.4, 0.5) is 0 Å². The molecule has 0 aromatic rings. The predicted molar refractivity (Wildman–Crippen MR) is 292 cm³/mol. The number of aliphatic hydroxyl groups is 2. The number of unbranched alkanes of at least 4 members (excludes halogenated alkanes) is 36. The van der Waals surface area contributed by atoms with E-state index in [0.29, 0.717) is 25.9 Å². The Morgan fingerprint density at radius 1 is 0.433 bits per heavy atom. The summed E-state index contributed by atoms with van der Waals surface area (Å²) in [5, 5.41) is 23.2. The van der Waals surface area contributed by atoms with E-state index in [1.165, 1.54) is 193 Å². The predicted octanol–water partition coefficient (Wildman–Crippen LogP) is 18.2. The van der Waals surface area contributed by atoms with Gasteiger partial charge in [-0.1, -0.05) is 249 Å². The number of esters is 1. The number of hydrogen-bond donors (Lipinski definition) is 3. The molecule has 6 heteroatoms. The van der Waals surface area contributed by atoms with Crippen molar-refractivity contribution in [3.8, 4) is 0 Å². The Kier molecular flexibility index (Phi) is 54.6. The first kappa shape index (κ1) is 64.8. The van der Waals surface area contributed by atoms with Gasteiger partial charge in [0.15, 0.2) is 0 Å². The molecule has 0 aliphatic rings. The molecule has 1 amide bonds. The molecule has 0 aromatic heterocycles. The van der Waals surface area contributed by atoms with Crippen molar-refractivity contribution in [2.75, 3.05) is 13.2 Å². The van der Waals surface area contributed by atoms with E-state index in [1.54, 1.807) is 0 Å². The lowest BCUT2D eigenvalue weighted by molar-refractivity contribution is -0.143. The Labute approximate surface area is 416 Å². The van der Waals surface area contributed by atoms with E-state index >= 15 is 0 Å². The summed E-state index contributed by atoms with van der Waals surface area (Å²) >= 11 is 0. The van der Waals surface area contributed by atoms with Crippen molar-refractivity contribution in [3.05, 3.63) is 48.6 Å². The van der Waals surface area contributed by atoms with Gasteiger partial charge in [-0.05, 0) is 89.9 Å². The summed E-state index contributed by atoms with van der Waals surface area (Å²) in [5.41, 5.74) is 0. The molecular weight excluding hydrogens is 827 g/mol. The summed E-state index contributed by atoms with van der Waals surface area (Å²) in [7, 11) is 0. The van der Waals surface area contributed by atoms with Gasteiger partial charge in [-0.15, -0.1) is 0 Å². The van der Waals surface area contributed by atoms with Crippen molar-refractivity contribution >= 4 is 11.9 Å². The first-order valence-corrected chi connectivity index (χ1v) is 29.4. The van der Waals surface area contributed by atoms with Crippen molar-refractivity contribution in [2.45, 2.75) is 315 Å².